The van der Waals surface area contributed by atoms with Gasteiger partial charge in [-0.25, -0.2) is 12.8 Å². The molecule has 1 aliphatic carbocycles. The van der Waals surface area contributed by atoms with E-state index in [1.165, 1.54) is 12.1 Å². The van der Waals surface area contributed by atoms with Gasteiger partial charge >= 0.3 is 0 Å². The molecule has 2 rings (SSSR count). The molecule has 0 atom stereocenters. The summed E-state index contributed by atoms with van der Waals surface area (Å²) in [4.78, 5) is 0.181. The maximum Gasteiger partial charge on any atom is 0.181 e. The van der Waals surface area contributed by atoms with Gasteiger partial charge < -0.3 is 5.73 Å². The van der Waals surface area contributed by atoms with Crippen molar-refractivity contribution in [2.45, 2.75) is 29.0 Å². The summed E-state index contributed by atoms with van der Waals surface area (Å²) in [5.41, 5.74) is 5.54. The fraction of sp³-hybridized carbons (Fsp3) is 0.400. The van der Waals surface area contributed by atoms with Gasteiger partial charge in [0.2, 0.25) is 0 Å². The summed E-state index contributed by atoms with van der Waals surface area (Å²) < 4.78 is 36.4. The zero-order valence-corrected chi connectivity index (χ0v) is 8.87. The van der Waals surface area contributed by atoms with Gasteiger partial charge in [0.1, 0.15) is 5.82 Å². The van der Waals surface area contributed by atoms with E-state index in [1.807, 2.05) is 0 Å². The number of nitrogens with two attached hydrogens (primary N) is 1. The molecule has 0 aliphatic heterocycles. The van der Waals surface area contributed by atoms with Gasteiger partial charge in [0.15, 0.2) is 9.84 Å². The molecule has 1 fully saturated rings. The van der Waals surface area contributed by atoms with E-state index in [1.54, 1.807) is 0 Å². The van der Waals surface area contributed by atoms with Gasteiger partial charge in [0, 0.05) is 6.04 Å². The molecular formula is C10H12FNO2S. The first kappa shape index (κ1) is 10.6. The number of sulfone groups is 1. The molecule has 15 heavy (non-hydrogen) atoms. The van der Waals surface area contributed by atoms with Gasteiger partial charge in [-0.1, -0.05) is 0 Å². The third-order valence-corrected chi connectivity index (χ3v) is 4.90. The number of hydrogen-bond donors (Lipinski definition) is 1. The van der Waals surface area contributed by atoms with Crippen LogP contribution in [0.25, 0.3) is 0 Å². The Morgan fingerprint density at radius 1 is 1.20 bits per heavy atom. The quantitative estimate of drug-likeness (QED) is 0.772. The zero-order valence-electron chi connectivity index (χ0n) is 8.06. The first-order chi connectivity index (χ1) is 7.00. The van der Waals surface area contributed by atoms with Gasteiger partial charge in [-0.3, -0.25) is 0 Å². The van der Waals surface area contributed by atoms with Crippen molar-refractivity contribution >= 4 is 9.84 Å². The molecule has 0 bridgehead atoms. The summed E-state index contributed by atoms with van der Waals surface area (Å²) >= 11 is 0. The lowest BCUT2D eigenvalue weighted by Gasteiger charge is -2.31. The lowest BCUT2D eigenvalue weighted by Crippen LogP contribution is -2.44. The van der Waals surface area contributed by atoms with Gasteiger partial charge in [-0.05, 0) is 37.1 Å². The smallest absolute Gasteiger partial charge is 0.181 e. The van der Waals surface area contributed by atoms with Crippen LogP contribution in [0.1, 0.15) is 12.8 Å². The zero-order chi connectivity index (χ0) is 11.1. The molecule has 0 spiro atoms. The van der Waals surface area contributed by atoms with Crippen molar-refractivity contribution in [2.75, 3.05) is 0 Å². The van der Waals surface area contributed by atoms with Gasteiger partial charge in [0.25, 0.3) is 0 Å². The highest BCUT2D eigenvalue weighted by Gasteiger charge is 2.37. The summed E-state index contributed by atoms with van der Waals surface area (Å²) in [6, 6.07) is 4.91. The fourth-order valence-corrected chi connectivity index (χ4v) is 3.58. The Labute approximate surface area is 88.0 Å². The predicted molar refractivity (Wildman–Crippen MR) is 54.6 cm³/mol. The van der Waals surface area contributed by atoms with Crippen LogP contribution in [0.5, 0.6) is 0 Å². The van der Waals surface area contributed by atoms with E-state index in [-0.39, 0.29) is 10.9 Å². The highest BCUT2D eigenvalue weighted by Crippen LogP contribution is 2.30. The number of benzene rings is 1. The lowest BCUT2D eigenvalue weighted by atomic mass is 9.93. The summed E-state index contributed by atoms with van der Waals surface area (Å²) in [5.74, 6) is -0.431. The van der Waals surface area contributed by atoms with Gasteiger partial charge in [0.05, 0.1) is 10.1 Å². The Balaban J connectivity index is 2.26. The average molecular weight is 229 g/mol. The number of rotatable bonds is 2. The molecule has 0 aromatic heterocycles. The monoisotopic (exact) mass is 229 g/mol. The Kier molecular flexibility index (Phi) is 2.52. The lowest BCUT2D eigenvalue weighted by molar-refractivity contribution is 0.409. The normalized spacial score (nSPS) is 26.0. The number of halogens is 1. The molecule has 0 radical (unpaired) electrons. The van der Waals surface area contributed by atoms with Crippen molar-refractivity contribution in [3.8, 4) is 0 Å². The molecule has 1 saturated carbocycles. The van der Waals surface area contributed by atoms with Crippen LogP contribution in [0.15, 0.2) is 29.2 Å². The van der Waals surface area contributed by atoms with Crippen molar-refractivity contribution in [2.24, 2.45) is 5.73 Å². The largest absolute Gasteiger partial charge is 0.328 e. The Hall–Kier alpha value is -0.940. The number of hydrogen-bond acceptors (Lipinski definition) is 3. The molecule has 0 heterocycles. The molecule has 1 aromatic carbocycles. The van der Waals surface area contributed by atoms with Crippen LogP contribution in [0.2, 0.25) is 0 Å². The highest BCUT2D eigenvalue weighted by atomic mass is 32.2. The molecule has 0 amide bonds. The molecule has 3 nitrogen and oxygen atoms in total. The van der Waals surface area contributed by atoms with E-state index in [4.69, 9.17) is 5.73 Å². The second kappa shape index (κ2) is 3.57. The maximum absolute atomic E-state index is 12.6. The summed E-state index contributed by atoms with van der Waals surface area (Å²) in [6.45, 7) is 0. The van der Waals surface area contributed by atoms with Crippen LogP contribution in [-0.4, -0.2) is 19.7 Å². The Bertz CT molecular complexity index is 449. The van der Waals surface area contributed by atoms with Crippen LogP contribution >= 0.6 is 0 Å². The first-order valence-corrected chi connectivity index (χ1v) is 6.30. The van der Waals surface area contributed by atoms with E-state index in [9.17, 15) is 12.8 Å². The van der Waals surface area contributed by atoms with E-state index < -0.39 is 20.9 Å². The maximum atomic E-state index is 12.6. The Morgan fingerprint density at radius 2 is 1.73 bits per heavy atom. The summed E-state index contributed by atoms with van der Waals surface area (Å²) in [6.07, 6.45) is 0.999. The van der Waals surface area contributed by atoms with Crippen molar-refractivity contribution in [1.29, 1.82) is 0 Å². The molecule has 82 valence electrons. The molecule has 5 heteroatoms. The van der Waals surface area contributed by atoms with Crippen molar-refractivity contribution in [3.05, 3.63) is 30.1 Å². The second-order valence-corrected chi connectivity index (χ2v) is 6.08. The van der Waals surface area contributed by atoms with Crippen LogP contribution in [-0.2, 0) is 9.84 Å². The summed E-state index contributed by atoms with van der Waals surface area (Å²) in [5, 5.41) is -0.391. The first-order valence-electron chi connectivity index (χ1n) is 4.75. The summed E-state index contributed by atoms with van der Waals surface area (Å²) in [7, 11) is -3.30. The third kappa shape index (κ3) is 1.89. The molecular weight excluding hydrogens is 217 g/mol. The molecule has 0 saturated heterocycles. The molecule has 2 N–H and O–H groups in total. The minimum Gasteiger partial charge on any atom is -0.328 e. The standard InChI is InChI=1S/C10H12FNO2S/c11-7-1-3-9(4-2-7)15(13,14)10-5-8(12)6-10/h1-4,8,10H,5-6,12H2. The van der Waals surface area contributed by atoms with E-state index in [0.717, 1.165) is 12.1 Å². The van der Waals surface area contributed by atoms with E-state index in [0.29, 0.717) is 12.8 Å². The van der Waals surface area contributed by atoms with Gasteiger partial charge in [-0.2, -0.15) is 0 Å². The molecule has 1 aliphatic rings. The second-order valence-electron chi connectivity index (χ2n) is 3.85. The predicted octanol–water partition coefficient (Wildman–Crippen LogP) is 1.09. The van der Waals surface area contributed by atoms with Gasteiger partial charge in [-0.15, -0.1) is 0 Å². The average Bonchev–Trinajstić information content (AvgIpc) is 2.13. The minimum atomic E-state index is -3.30. The Morgan fingerprint density at radius 3 is 2.20 bits per heavy atom. The fourth-order valence-electron chi connectivity index (χ4n) is 1.68. The van der Waals surface area contributed by atoms with E-state index >= 15 is 0 Å². The molecule has 1 aromatic rings. The highest BCUT2D eigenvalue weighted by molar-refractivity contribution is 7.92. The van der Waals surface area contributed by atoms with Crippen molar-refractivity contribution in [1.82, 2.24) is 0 Å². The SMILES string of the molecule is NC1CC(S(=O)(=O)c2ccc(F)cc2)C1. The molecule has 0 unspecified atom stereocenters. The van der Waals surface area contributed by atoms with Crippen LogP contribution in [0.3, 0.4) is 0 Å². The topological polar surface area (TPSA) is 60.2 Å². The van der Waals surface area contributed by atoms with Crippen LogP contribution in [0, 0.1) is 5.82 Å². The van der Waals surface area contributed by atoms with Crippen molar-refractivity contribution in [3.63, 3.8) is 0 Å². The van der Waals surface area contributed by atoms with Crippen molar-refractivity contribution < 1.29 is 12.8 Å². The van der Waals surface area contributed by atoms with Crippen LogP contribution in [0.4, 0.5) is 4.39 Å². The third-order valence-electron chi connectivity index (χ3n) is 2.71. The minimum absolute atomic E-state index is 0.00905. The van der Waals surface area contributed by atoms with Crippen LogP contribution < -0.4 is 5.73 Å². The van der Waals surface area contributed by atoms with E-state index in [2.05, 4.69) is 0 Å².